The number of fused-ring (bicyclic) bond motifs is 3. The molecule has 4 rings (SSSR count). The summed E-state index contributed by atoms with van der Waals surface area (Å²) in [4.78, 5) is 12.3. The quantitative estimate of drug-likeness (QED) is 0.609. The van der Waals surface area contributed by atoms with Crippen molar-refractivity contribution < 1.29 is 9.52 Å². The van der Waals surface area contributed by atoms with Gasteiger partial charge in [0.05, 0.1) is 0 Å². The van der Waals surface area contributed by atoms with Crippen LogP contribution in [0.3, 0.4) is 0 Å². The Labute approximate surface area is 159 Å². The second kappa shape index (κ2) is 7.59. The van der Waals surface area contributed by atoms with Crippen LogP contribution in [0.15, 0.2) is 51.7 Å². The molecule has 0 saturated carbocycles. The molecule has 0 amide bonds. The molecule has 0 saturated heterocycles. The van der Waals surface area contributed by atoms with Gasteiger partial charge in [0.15, 0.2) is 0 Å². The molecule has 1 aromatic heterocycles. The van der Waals surface area contributed by atoms with Crippen LogP contribution >= 0.6 is 0 Å². The van der Waals surface area contributed by atoms with Gasteiger partial charge in [-0.3, -0.25) is 0 Å². The van der Waals surface area contributed by atoms with Gasteiger partial charge in [-0.15, -0.1) is 0 Å². The molecule has 0 aliphatic heterocycles. The van der Waals surface area contributed by atoms with Crippen molar-refractivity contribution in [2.24, 2.45) is 0 Å². The summed E-state index contributed by atoms with van der Waals surface area (Å²) in [5, 5.41) is 11.6. The fourth-order valence-electron chi connectivity index (χ4n) is 4.30. The summed E-state index contributed by atoms with van der Waals surface area (Å²) in [5.74, 6) is 0.524. The third kappa shape index (κ3) is 3.64. The minimum absolute atomic E-state index is 0.203. The van der Waals surface area contributed by atoms with Crippen molar-refractivity contribution in [3.05, 3.63) is 75.1 Å². The van der Waals surface area contributed by atoms with Gasteiger partial charge < -0.3 is 9.52 Å². The Bertz CT molecular complexity index is 1000. The van der Waals surface area contributed by atoms with Crippen molar-refractivity contribution in [1.29, 1.82) is 0 Å². The molecule has 1 N–H and O–H groups in total. The summed E-state index contributed by atoms with van der Waals surface area (Å²) >= 11 is 0. The van der Waals surface area contributed by atoms with E-state index >= 15 is 0 Å². The first-order valence-electron chi connectivity index (χ1n) is 9.99. The average molecular weight is 362 g/mol. The Morgan fingerprint density at radius 3 is 2.59 bits per heavy atom. The molecule has 0 spiro atoms. The van der Waals surface area contributed by atoms with Gasteiger partial charge >= 0.3 is 5.63 Å². The summed E-state index contributed by atoms with van der Waals surface area (Å²) in [6.45, 7) is 2.13. The number of phenols is 1. The van der Waals surface area contributed by atoms with Crippen molar-refractivity contribution in [1.82, 2.24) is 0 Å². The van der Waals surface area contributed by atoms with E-state index < -0.39 is 0 Å². The van der Waals surface area contributed by atoms with Crippen molar-refractivity contribution in [3.63, 3.8) is 0 Å². The normalized spacial score (nSPS) is 14.9. The van der Waals surface area contributed by atoms with Crippen LogP contribution in [0.25, 0.3) is 11.0 Å². The third-order valence-electron chi connectivity index (χ3n) is 5.85. The Kier molecular flexibility index (Phi) is 5.02. The van der Waals surface area contributed by atoms with E-state index in [1.807, 2.05) is 18.2 Å². The lowest BCUT2D eigenvalue weighted by atomic mass is 9.88. The molecule has 0 bridgehead atoms. The monoisotopic (exact) mass is 362 g/mol. The molecule has 3 heteroatoms. The minimum Gasteiger partial charge on any atom is -0.508 e. The van der Waals surface area contributed by atoms with Crippen LogP contribution in [0.5, 0.6) is 5.75 Å². The highest BCUT2D eigenvalue weighted by Gasteiger charge is 2.20. The van der Waals surface area contributed by atoms with Gasteiger partial charge in [0.1, 0.15) is 11.3 Å². The molecule has 1 aliphatic rings. The maximum atomic E-state index is 12.3. The van der Waals surface area contributed by atoms with Crippen LogP contribution in [0, 0.1) is 0 Å². The van der Waals surface area contributed by atoms with Gasteiger partial charge in [-0.2, -0.15) is 0 Å². The third-order valence-corrected chi connectivity index (χ3v) is 5.85. The fourth-order valence-corrected chi connectivity index (χ4v) is 4.30. The van der Waals surface area contributed by atoms with E-state index in [2.05, 4.69) is 31.2 Å². The predicted octanol–water partition coefficient (Wildman–Crippen LogP) is 5.50. The van der Waals surface area contributed by atoms with Crippen LogP contribution in [-0.4, -0.2) is 5.11 Å². The van der Waals surface area contributed by atoms with Crippen molar-refractivity contribution in [3.8, 4) is 5.75 Å². The summed E-state index contributed by atoms with van der Waals surface area (Å²) in [6.07, 6.45) is 6.85. The second-order valence-corrected chi connectivity index (χ2v) is 7.74. The molecular weight excluding hydrogens is 336 g/mol. The summed E-state index contributed by atoms with van der Waals surface area (Å²) in [7, 11) is 0. The molecule has 2 aromatic carbocycles. The first kappa shape index (κ1) is 17.8. The van der Waals surface area contributed by atoms with E-state index in [1.165, 1.54) is 5.56 Å². The molecule has 0 fully saturated rings. The van der Waals surface area contributed by atoms with Gasteiger partial charge in [-0.1, -0.05) is 37.3 Å². The predicted molar refractivity (Wildman–Crippen MR) is 109 cm³/mol. The van der Waals surface area contributed by atoms with Crippen LogP contribution in [-0.2, 0) is 19.3 Å². The van der Waals surface area contributed by atoms with Crippen LogP contribution in [0.2, 0.25) is 0 Å². The lowest BCUT2D eigenvalue weighted by molar-refractivity contribution is 0.458. The first-order valence-corrected chi connectivity index (χ1v) is 9.99. The Balaban J connectivity index is 1.58. The van der Waals surface area contributed by atoms with Crippen molar-refractivity contribution >= 4 is 11.0 Å². The summed E-state index contributed by atoms with van der Waals surface area (Å²) in [6, 6.07) is 14.2. The standard InChI is InChI=1S/C24H26O3/c1-16(8-7-11-17-9-3-2-4-10-17)20-15-23-21(14-22(20)25)18-12-5-6-13-19(18)24(26)27-23/h2-4,9-10,14-16,25H,5-8,11-13H2,1H3. The Morgan fingerprint density at radius 2 is 1.81 bits per heavy atom. The molecule has 1 atom stereocenters. The number of benzene rings is 2. The van der Waals surface area contributed by atoms with E-state index in [4.69, 9.17) is 4.42 Å². The Morgan fingerprint density at radius 1 is 1.07 bits per heavy atom. The highest BCUT2D eigenvalue weighted by Crippen LogP contribution is 2.36. The Hall–Kier alpha value is -2.55. The number of hydrogen-bond acceptors (Lipinski definition) is 3. The number of aryl methyl sites for hydroxylation is 2. The SMILES string of the molecule is CC(CCCc1ccccc1)c1cc2oc(=O)c3c(c2cc1O)CCCC3. The summed E-state index contributed by atoms with van der Waals surface area (Å²) in [5.41, 5.74) is 4.50. The molecule has 27 heavy (non-hydrogen) atoms. The first-order chi connectivity index (χ1) is 13.1. The lowest BCUT2D eigenvalue weighted by Crippen LogP contribution is -2.15. The molecule has 0 radical (unpaired) electrons. The highest BCUT2D eigenvalue weighted by atomic mass is 16.4. The lowest BCUT2D eigenvalue weighted by Gasteiger charge is -2.18. The fraction of sp³-hybridized carbons (Fsp3) is 0.375. The average Bonchev–Trinajstić information content (AvgIpc) is 2.69. The van der Waals surface area contributed by atoms with Gasteiger partial charge in [-0.25, -0.2) is 4.79 Å². The van der Waals surface area contributed by atoms with Gasteiger partial charge in [0.25, 0.3) is 0 Å². The molecule has 3 nitrogen and oxygen atoms in total. The van der Waals surface area contributed by atoms with E-state index in [0.717, 1.165) is 67.0 Å². The maximum absolute atomic E-state index is 12.3. The molecule has 1 unspecified atom stereocenters. The number of phenolic OH excluding ortho intramolecular Hbond substituents is 1. The minimum atomic E-state index is -0.203. The maximum Gasteiger partial charge on any atom is 0.339 e. The molecule has 3 aromatic rings. The zero-order valence-corrected chi connectivity index (χ0v) is 15.8. The molecule has 1 heterocycles. The molecule has 1 aliphatic carbocycles. The van der Waals surface area contributed by atoms with Gasteiger partial charge in [0.2, 0.25) is 0 Å². The van der Waals surface area contributed by atoms with E-state index in [0.29, 0.717) is 11.3 Å². The summed E-state index contributed by atoms with van der Waals surface area (Å²) < 4.78 is 5.61. The van der Waals surface area contributed by atoms with Crippen LogP contribution < -0.4 is 5.63 Å². The van der Waals surface area contributed by atoms with Crippen LogP contribution in [0.1, 0.15) is 60.8 Å². The van der Waals surface area contributed by atoms with Gasteiger partial charge in [0, 0.05) is 16.5 Å². The largest absolute Gasteiger partial charge is 0.508 e. The zero-order chi connectivity index (χ0) is 18.8. The van der Waals surface area contributed by atoms with Gasteiger partial charge in [-0.05, 0) is 74.1 Å². The number of aromatic hydroxyl groups is 1. The van der Waals surface area contributed by atoms with E-state index in [1.54, 1.807) is 0 Å². The number of hydrogen-bond donors (Lipinski definition) is 1. The second-order valence-electron chi connectivity index (χ2n) is 7.74. The molecular formula is C24H26O3. The van der Waals surface area contributed by atoms with E-state index in [-0.39, 0.29) is 11.5 Å². The topological polar surface area (TPSA) is 50.4 Å². The highest BCUT2D eigenvalue weighted by molar-refractivity contribution is 5.84. The number of rotatable bonds is 5. The smallest absolute Gasteiger partial charge is 0.339 e. The van der Waals surface area contributed by atoms with E-state index in [9.17, 15) is 9.90 Å². The van der Waals surface area contributed by atoms with Crippen LogP contribution in [0.4, 0.5) is 0 Å². The van der Waals surface area contributed by atoms with Crippen molar-refractivity contribution in [2.45, 2.75) is 57.8 Å². The molecule has 140 valence electrons. The zero-order valence-electron chi connectivity index (χ0n) is 15.8. The van der Waals surface area contributed by atoms with Crippen molar-refractivity contribution in [2.75, 3.05) is 0 Å².